The smallest absolute Gasteiger partial charge is 0.187 e. The second-order valence-electron chi connectivity index (χ2n) is 8.50. The SMILES string of the molecule is CO[C@H]1[C@@H](O)[C@@H](C)O[C@H](O[C@H]2[C@@H](O[C@@H]3[C@@H](O)[C@@H](O)[C@@H](C)O[C@H]3O)O[C@H](C)[C@H](O)[C@@H]2O)[C@@H]1O. The molecule has 0 spiro atoms. The summed E-state index contributed by atoms with van der Waals surface area (Å²) < 4.78 is 32.7. The molecule has 3 rings (SSSR count). The Morgan fingerprint density at radius 2 is 0.969 bits per heavy atom. The Bertz CT molecular complexity index is 610. The zero-order valence-electron chi connectivity index (χ0n) is 18.2. The summed E-state index contributed by atoms with van der Waals surface area (Å²) in [6, 6.07) is 0. The molecule has 0 amide bonds. The van der Waals surface area contributed by atoms with Gasteiger partial charge in [0, 0.05) is 7.11 Å². The second-order valence-corrected chi connectivity index (χ2v) is 8.50. The van der Waals surface area contributed by atoms with Crippen LogP contribution in [0.25, 0.3) is 0 Å². The molecule has 0 bridgehead atoms. The molecule has 188 valence electrons. The molecule has 0 unspecified atom stereocenters. The van der Waals surface area contributed by atoms with E-state index >= 15 is 0 Å². The van der Waals surface area contributed by atoms with Gasteiger partial charge in [0.05, 0.1) is 18.3 Å². The van der Waals surface area contributed by atoms with E-state index in [1.54, 1.807) is 0 Å². The molecule has 3 aliphatic heterocycles. The summed E-state index contributed by atoms with van der Waals surface area (Å²) in [7, 11) is 1.29. The molecule has 15 atom stereocenters. The van der Waals surface area contributed by atoms with Crippen molar-refractivity contribution in [2.45, 2.75) is 113 Å². The normalized spacial score (nSPS) is 55.0. The minimum absolute atomic E-state index is 0.801. The molecule has 3 fully saturated rings. The molecule has 3 saturated heterocycles. The molecule has 32 heavy (non-hydrogen) atoms. The van der Waals surface area contributed by atoms with Crippen LogP contribution in [0.3, 0.4) is 0 Å². The van der Waals surface area contributed by atoms with Gasteiger partial charge in [0.2, 0.25) is 0 Å². The van der Waals surface area contributed by atoms with Crippen LogP contribution in [0.1, 0.15) is 20.8 Å². The molecule has 3 aliphatic rings. The number of hydrogen-bond acceptors (Lipinski definition) is 13. The van der Waals surface area contributed by atoms with Gasteiger partial charge in [-0.1, -0.05) is 0 Å². The van der Waals surface area contributed by atoms with E-state index in [4.69, 9.17) is 28.4 Å². The molecule has 7 N–H and O–H groups in total. The highest BCUT2D eigenvalue weighted by molar-refractivity contribution is 4.94. The summed E-state index contributed by atoms with van der Waals surface area (Å²) in [6.07, 6.45) is -19.6. The molecule has 3 heterocycles. The van der Waals surface area contributed by atoms with Crippen molar-refractivity contribution in [3.8, 4) is 0 Å². The second kappa shape index (κ2) is 10.4. The van der Waals surface area contributed by atoms with Crippen LogP contribution in [0.15, 0.2) is 0 Å². The van der Waals surface area contributed by atoms with Gasteiger partial charge in [-0.2, -0.15) is 0 Å². The first-order valence-electron chi connectivity index (χ1n) is 10.5. The highest BCUT2D eigenvalue weighted by Crippen LogP contribution is 2.32. The van der Waals surface area contributed by atoms with E-state index in [0.717, 1.165) is 0 Å². The monoisotopic (exact) mass is 470 g/mol. The highest BCUT2D eigenvalue weighted by atomic mass is 16.8. The van der Waals surface area contributed by atoms with Crippen molar-refractivity contribution >= 4 is 0 Å². The van der Waals surface area contributed by atoms with Crippen molar-refractivity contribution in [1.82, 2.24) is 0 Å². The maximum Gasteiger partial charge on any atom is 0.187 e. The Hall–Kier alpha value is -0.520. The zero-order chi connectivity index (χ0) is 23.9. The maximum atomic E-state index is 10.6. The Kier molecular flexibility index (Phi) is 8.48. The fourth-order valence-electron chi connectivity index (χ4n) is 4.12. The molecule has 0 saturated carbocycles. The summed E-state index contributed by atoms with van der Waals surface area (Å²) in [6.45, 7) is 4.46. The Balaban J connectivity index is 1.80. The first-order chi connectivity index (χ1) is 15.0. The van der Waals surface area contributed by atoms with Crippen molar-refractivity contribution in [2.24, 2.45) is 0 Å². The van der Waals surface area contributed by atoms with Crippen LogP contribution in [-0.4, -0.2) is 135 Å². The number of aliphatic hydroxyl groups is 7. The largest absolute Gasteiger partial charge is 0.388 e. The summed E-state index contributed by atoms with van der Waals surface area (Å²) in [5.41, 5.74) is 0. The molecular weight excluding hydrogens is 436 g/mol. The number of aliphatic hydroxyl groups excluding tert-OH is 7. The summed E-state index contributed by atoms with van der Waals surface area (Å²) in [5.74, 6) is 0. The van der Waals surface area contributed by atoms with Crippen LogP contribution in [0.5, 0.6) is 0 Å². The van der Waals surface area contributed by atoms with Crippen LogP contribution in [-0.2, 0) is 28.4 Å². The van der Waals surface area contributed by atoms with Gasteiger partial charge in [-0.15, -0.1) is 0 Å². The molecule has 13 nitrogen and oxygen atoms in total. The van der Waals surface area contributed by atoms with Gasteiger partial charge < -0.3 is 64.2 Å². The van der Waals surface area contributed by atoms with Crippen molar-refractivity contribution in [3.05, 3.63) is 0 Å². The van der Waals surface area contributed by atoms with E-state index in [9.17, 15) is 35.7 Å². The number of ether oxygens (including phenoxy) is 6. The Morgan fingerprint density at radius 3 is 1.56 bits per heavy atom. The maximum absolute atomic E-state index is 10.6. The fourth-order valence-corrected chi connectivity index (χ4v) is 4.12. The molecule has 0 radical (unpaired) electrons. The van der Waals surface area contributed by atoms with Gasteiger partial charge >= 0.3 is 0 Å². The van der Waals surface area contributed by atoms with Crippen LogP contribution in [0.4, 0.5) is 0 Å². The average molecular weight is 470 g/mol. The predicted molar refractivity (Wildman–Crippen MR) is 102 cm³/mol. The number of methoxy groups -OCH3 is 1. The molecule has 0 aromatic heterocycles. The lowest BCUT2D eigenvalue weighted by Gasteiger charge is -2.47. The summed E-state index contributed by atoms with van der Waals surface area (Å²) in [5, 5.41) is 72.1. The van der Waals surface area contributed by atoms with Crippen molar-refractivity contribution < 1.29 is 64.2 Å². The van der Waals surface area contributed by atoms with Gasteiger partial charge in [0.1, 0.15) is 54.9 Å². The zero-order valence-corrected chi connectivity index (χ0v) is 18.2. The minimum atomic E-state index is -1.63. The van der Waals surface area contributed by atoms with Crippen molar-refractivity contribution in [1.29, 1.82) is 0 Å². The van der Waals surface area contributed by atoms with E-state index in [1.165, 1.54) is 27.9 Å². The van der Waals surface area contributed by atoms with Gasteiger partial charge in [0.25, 0.3) is 0 Å². The summed E-state index contributed by atoms with van der Waals surface area (Å²) >= 11 is 0. The number of rotatable bonds is 5. The number of hydrogen-bond donors (Lipinski definition) is 7. The van der Waals surface area contributed by atoms with Gasteiger partial charge in [-0.05, 0) is 20.8 Å². The van der Waals surface area contributed by atoms with Crippen LogP contribution >= 0.6 is 0 Å². The average Bonchev–Trinajstić information content (AvgIpc) is 2.74. The highest BCUT2D eigenvalue weighted by Gasteiger charge is 2.52. The van der Waals surface area contributed by atoms with E-state index in [2.05, 4.69) is 0 Å². The Morgan fingerprint density at radius 1 is 0.500 bits per heavy atom. The van der Waals surface area contributed by atoms with Gasteiger partial charge in [-0.25, -0.2) is 0 Å². The topological polar surface area (TPSA) is 197 Å². The molecule has 0 aliphatic carbocycles. The molecule has 13 heteroatoms. The lowest BCUT2D eigenvalue weighted by Crippen LogP contribution is -2.65. The van der Waals surface area contributed by atoms with Crippen LogP contribution in [0.2, 0.25) is 0 Å². The van der Waals surface area contributed by atoms with Gasteiger partial charge in [-0.3, -0.25) is 0 Å². The quantitative estimate of drug-likeness (QED) is 0.206. The lowest BCUT2D eigenvalue weighted by molar-refractivity contribution is -0.386. The van der Waals surface area contributed by atoms with Crippen LogP contribution < -0.4 is 0 Å². The van der Waals surface area contributed by atoms with Crippen molar-refractivity contribution in [3.63, 3.8) is 0 Å². The van der Waals surface area contributed by atoms with Crippen molar-refractivity contribution in [2.75, 3.05) is 7.11 Å². The lowest BCUT2D eigenvalue weighted by atomic mass is 9.97. The first-order valence-corrected chi connectivity index (χ1v) is 10.5. The van der Waals surface area contributed by atoms with E-state index < -0.39 is 92.1 Å². The molecule has 0 aromatic rings. The minimum Gasteiger partial charge on any atom is -0.388 e. The molecular formula is C19H34O13. The third-order valence-corrected chi connectivity index (χ3v) is 6.22. The fraction of sp³-hybridized carbons (Fsp3) is 1.00. The molecule has 0 aromatic carbocycles. The standard InChI is InChI=1S/C19H34O13/c1-5-8(20)11(23)15(17(26)28-5)31-19-16(12(24)9(21)6(2)30-19)32-18-13(25)14(27-4)10(22)7(3)29-18/h5-26H,1-4H3/t5-,6-,7-,8+,9+,10+,11+,12+,13-,14+,15-,16-,17-,18-,19-/m1/s1. The van der Waals surface area contributed by atoms with Crippen LogP contribution in [0, 0.1) is 0 Å². The van der Waals surface area contributed by atoms with E-state index in [0.29, 0.717) is 0 Å². The summed E-state index contributed by atoms with van der Waals surface area (Å²) in [4.78, 5) is 0. The predicted octanol–water partition coefficient (Wildman–Crippen LogP) is -3.84. The first kappa shape index (κ1) is 26.1. The third-order valence-electron chi connectivity index (χ3n) is 6.22. The van der Waals surface area contributed by atoms with E-state index in [1.807, 2.05) is 0 Å². The Labute approximate surface area is 185 Å². The third kappa shape index (κ3) is 4.95. The van der Waals surface area contributed by atoms with Gasteiger partial charge in [0.15, 0.2) is 18.9 Å². The van der Waals surface area contributed by atoms with E-state index in [-0.39, 0.29) is 0 Å².